The molecular formula is C134H96N12. The van der Waals surface area contributed by atoms with Crippen LogP contribution in [-0.4, -0.2) is 19.5 Å². The number of nitriles is 6. The van der Waals surface area contributed by atoms with Crippen LogP contribution in [0.2, 0.25) is 0 Å². The zero-order chi connectivity index (χ0) is 100. The largest absolute Gasteiger partial charge is 0.310 e. The summed E-state index contributed by atoms with van der Waals surface area (Å²) in [6.07, 6.45) is 1.94. The van der Waals surface area contributed by atoms with E-state index >= 15 is 0 Å². The Balaban J connectivity index is 0.000000130. The van der Waals surface area contributed by atoms with Crippen molar-refractivity contribution in [3.05, 3.63) is 502 Å². The molecule has 0 N–H and O–H groups in total. The number of fused-ring (bicyclic) bond motifs is 7. The lowest BCUT2D eigenvalue weighted by Gasteiger charge is -2.42. The Kier molecular flexibility index (Phi) is 25.2. The van der Waals surface area contributed by atoms with E-state index in [1.807, 2.05) is 194 Å². The quantitative estimate of drug-likeness (QED) is 0.101. The SMILES string of the molecule is Cc1cc(-n2c3ccc(-c4ccccc4)cc3c3cc(-c4ccccc4)ccc32)cc(C)c1-c1c(C#N)c(-c2ccccc2)nc(-c2ccccc2)c1C#N.Cc1cc(N2c3ccccc3C(C)(C)c3ccccc32)cc(C)c1-c1c(C#N)c(-c2ccccc2)nc(-c2ccccc2)c1C#N.Cc1cc(N2c3ccccc3CCc3ccccc32)cc(C)c1-c1c(C#N)c(-c2ccccc2)nc(-c2ccccc2)c1C#N. The van der Waals surface area contributed by atoms with Crippen molar-refractivity contribution in [2.75, 3.05) is 9.80 Å². The summed E-state index contributed by atoms with van der Waals surface area (Å²) in [7, 11) is 0. The van der Waals surface area contributed by atoms with Gasteiger partial charge in [0.1, 0.15) is 36.4 Å². The molecular weight excluding hydrogens is 1780 g/mol. The lowest BCUT2D eigenvalue weighted by molar-refractivity contribution is 0.632. The zero-order valence-corrected chi connectivity index (χ0v) is 82.0. The number of rotatable bonds is 14. The lowest BCUT2D eigenvalue weighted by atomic mass is 9.73. The van der Waals surface area contributed by atoms with Gasteiger partial charge in [-0.15, -0.1) is 0 Å². The summed E-state index contributed by atoms with van der Waals surface area (Å²) in [4.78, 5) is 19.7. The van der Waals surface area contributed by atoms with Gasteiger partial charge in [-0.3, -0.25) is 0 Å². The van der Waals surface area contributed by atoms with Gasteiger partial charge in [-0.2, -0.15) is 31.6 Å². The number of aromatic nitrogens is 4. The fraction of sp³-hybridized carbons (Fsp3) is 0.0821. The molecule has 0 radical (unpaired) electrons. The van der Waals surface area contributed by atoms with E-state index < -0.39 is 0 Å². The molecule has 23 rings (SSSR count). The lowest BCUT2D eigenvalue weighted by Crippen LogP contribution is -2.30. The number of hydrogen-bond acceptors (Lipinski definition) is 11. The van der Waals surface area contributed by atoms with E-state index in [0.717, 1.165) is 147 Å². The monoisotopic (exact) mass is 1870 g/mol. The molecule has 692 valence electrons. The van der Waals surface area contributed by atoms with Crippen molar-refractivity contribution in [2.45, 2.75) is 73.6 Å². The second kappa shape index (κ2) is 39.7. The zero-order valence-electron chi connectivity index (χ0n) is 82.0. The molecule has 0 aliphatic carbocycles. The van der Waals surface area contributed by atoms with Crippen LogP contribution in [0.1, 0.15) is 103 Å². The Morgan fingerprint density at radius 3 is 0.699 bits per heavy atom. The molecule has 21 aromatic rings. The average Bonchev–Trinajstić information content (AvgIpc) is 1.21. The number of nitrogens with zero attached hydrogens (tertiary/aromatic N) is 12. The molecule has 0 spiro atoms. The second-order valence-electron chi connectivity index (χ2n) is 37.7. The maximum atomic E-state index is 10.8. The van der Waals surface area contributed by atoms with Crippen molar-refractivity contribution < 1.29 is 0 Å². The summed E-state index contributed by atoms with van der Waals surface area (Å²) in [5.74, 6) is 0. The highest BCUT2D eigenvalue weighted by atomic mass is 15.2. The van der Waals surface area contributed by atoms with Gasteiger partial charge in [-0.25, -0.2) is 15.0 Å². The van der Waals surface area contributed by atoms with Crippen molar-refractivity contribution in [1.82, 2.24) is 19.5 Å². The molecule has 0 fully saturated rings. The molecule has 17 aromatic carbocycles. The van der Waals surface area contributed by atoms with E-state index in [9.17, 15) is 31.6 Å². The molecule has 2 aliphatic rings. The molecule has 2 aliphatic heterocycles. The molecule has 12 heteroatoms. The van der Waals surface area contributed by atoms with Crippen molar-refractivity contribution >= 4 is 55.9 Å². The predicted molar refractivity (Wildman–Crippen MR) is 592 cm³/mol. The maximum absolute atomic E-state index is 10.8. The van der Waals surface area contributed by atoms with E-state index in [4.69, 9.17) is 15.0 Å². The van der Waals surface area contributed by atoms with Gasteiger partial charge in [0, 0.05) is 94.7 Å². The number of hydrogen-bond donors (Lipinski definition) is 0. The summed E-state index contributed by atoms with van der Waals surface area (Å²) in [6.45, 7) is 17.0. The Hall–Kier alpha value is -19.5. The standard InChI is InChI=1S/C51H34N4.C42H32N4.C41H30N4/c1-33-27-41(28-34(2)48(33)49-44(31-52)50(37-19-11-5-12-20-37)54-51(45(49)32-53)38-21-13-6-14-22-38)55-46-25-23-39(35-15-7-3-8-16-35)29-42(46)43-30-40(24-26-47(43)55)36-17-9-4-10-18-36;1-27-23-31(46-36-21-13-11-19-34(36)42(3,4)35-20-12-14-22-37(35)46)24-28(2)38(27)39-32(25-43)40(29-15-7-5-8-16-29)45-41(33(39)26-44)30-17-9-6-10-18-30;1-27-23-33(45-36-19-11-9-13-29(36)21-22-30-14-10-12-20-37(30)45)24-28(2)38(27)39-34(25-42)40(31-15-5-3-6-16-31)44-41(35(39)26-43)32-17-7-4-8-18-32/h3-30H,1-2H3;5-24H,1-4H3;3-20,23-24H,21-22H2,1-2H3. The molecule has 0 amide bonds. The first-order valence-electron chi connectivity index (χ1n) is 48.9. The van der Waals surface area contributed by atoms with Crippen molar-refractivity contribution in [3.8, 4) is 165 Å². The summed E-state index contributed by atoms with van der Waals surface area (Å²) in [5.41, 5.74) is 40.7. The fourth-order valence-corrected chi connectivity index (χ4v) is 21.8. The fourth-order valence-electron chi connectivity index (χ4n) is 21.8. The molecule has 0 atom stereocenters. The van der Waals surface area contributed by atoms with Gasteiger partial charge < -0.3 is 14.4 Å². The van der Waals surface area contributed by atoms with Crippen LogP contribution in [0.25, 0.3) is 151 Å². The first-order chi connectivity index (χ1) is 71.5. The third-order valence-corrected chi connectivity index (χ3v) is 28.4. The van der Waals surface area contributed by atoms with E-state index in [0.29, 0.717) is 84.2 Å². The topological polar surface area (TPSA) is 193 Å². The molecule has 12 nitrogen and oxygen atoms in total. The van der Waals surface area contributed by atoms with E-state index in [2.05, 4.69) is 325 Å². The number of pyridine rings is 3. The van der Waals surface area contributed by atoms with E-state index in [-0.39, 0.29) is 5.41 Å². The minimum Gasteiger partial charge on any atom is -0.310 e. The van der Waals surface area contributed by atoms with Crippen LogP contribution < -0.4 is 9.80 Å². The van der Waals surface area contributed by atoms with Crippen LogP contribution in [-0.2, 0) is 18.3 Å². The predicted octanol–water partition coefficient (Wildman–Crippen LogP) is 33.4. The molecule has 0 saturated heterocycles. The van der Waals surface area contributed by atoms with Crippen LogP contribution in [0, 0.1) is 110 Å². The average molecular weight is 1870 g/mol. The van der Waals surface area contributed by atoms with Gasteiger partial charge in [0.2, 0.25) is 0 Å². The summed E-state index contributed by atoms with van der Waals surface area (Å²) < 4.78 is 2.34. The first kappa shape index (κ1) is 92.9. The molecule has 6 heterocycles. The van der Waals surface area contributed by atoms with Crippen LogP contribution >= 0.6 is 0 Å². The van der Waals surface area contributed by atoms with Crippen LogP contribution in [0.4, 0.5) is 34.1 Å². The Bertz CT molecular complexity index is 8510. The van der Waals surface area contributed by atoms with E-state index in [1.165, 1.54) is 55.5 Å². The molecule has 0 saturated carbocycles. The van der Waals surface area contributed by atoms with Crippen molar-refractivity contribution in [3.63, 3.8) is 0 Å². The Morgan fingerprint density at radius 2 is 0.438 bits per heavy atom. The minimum absolute atomic E-state index is 0.157. The highest BCUT2D eigenvalue weighted by molar-refractivity contribution is 6.12. The van der Waals surface area contributed by atoms with Gasteiger partial charge in [0.05, 0.1) is 90.0 Å². The minimum atomic E-state index is -0.157. The van der Waals surface area contributed by atoms with Gasteiger partial charge in [0.25, 0.3) is 0 Å². The molecule has 0 unspecified atom stereocenters. The second-order valence-corrected chi connectivity index (χ2v) is 37.7. The maximum Gasteiger partial charge on any atom is 0.102 e. The van der Waals surface area contributed by atoms with Gasteiger partial charge >= 0.3 is 0 Å². The number of benzene rings is 17. The smallest absolute Gasteiger partial charge is 0.102 e. The molecule has 146 heavy (non-hydrogen) atoms. The normalized spacial score (nSPS) is 11.9. The van der Waals surface area contributed by atoms with Gasteiger partial charge in [-0.05, 0) is 234 Å². The summed E-state index contributed by atoms with van der Waals surface area (Å²) in [5, 5.41) is 66.8. The third kappa shape index (κ3) is 16.9. The van der Waals surface area contributed by atoms with Gasteiger partial charge in [-0.1, -0.05) is 341 Å². The first-order valence-corrected chi connectivity index (χ1v) is 48.9. The number of aryl methyl sites for hydroxylation is 8. The highest BCUT2D eigenvalue weighted by Crippen LogP contribution is 2.55. The number of para-hydroxylation sites is 4. The summed E-state index contributed by atoms with van der Waals surface area (Å²) in [6, 6.07) is 155. The van der Waals surface area contributed by atoms with Crippen LogP contribution in [0.5, 0.6) is 0 Å². The highest BCUT2D eigenvalue weighted by Gasteiger charge is 2.39. The van der Waals surface area contributed by atoms with Crippen LogP contribution in [0.3, 0.4) is 0 Å². The van der Waals surface area contributed by atoms with Crippen LogP contribution in [0.15, 0.2) is 413 Å². The van der Waals surface area contributed by atoms with E-state index in [1.54, 1.807) is 0 Å². The Morgan fingerprint density at radius 1 is 0.219 bits per heavy atom. The third-order valence-electron chi connectivity index (χ3n) is 28.4. The molecule has 0 bridgehead atoms. The molecule has 4 aromatic heterocycles. The van der Waals surface area contributed by atoms with Crippen molar-refractivity contribution in [1.29, 1.82) is 31.6 Å². The van der Waals surface area contributed by atoms with Gasteiger partial charge in [0.15, 0.2) is 0 Å². The van der Waals surface area contributed by atoms with Crippen molar-refractivity contribution in [2.24, 2.45) is 0 Å². The Labute approximate surface area is 851 Å². The summed E-state index contributed by atoms with van der Waals surface area (Å²) >= 11 is 0. The number of anilines is 6.